The molecule has 2 aliphatic rings. The molecular weight excluding hydrogens is 212 g/mol. The van der Waals surface area contributed by atoms with Crippen LogP contribution < -0.4 is 5.32 Å². The molecule has 1 aliphatic carbocycles. The van der Waals surface area contributed by atoms with Gasteiger partial charge in [-0.2, -0.15) is 0 Å². The molecule has 98 valence electrons. The molecule has 1 aliphatic heterocycles. The van der Waals surface area contributed by atoms with E-state index in [1.807, 2.05) is 7.05 Å². The number of nitrogens with zero attached hydrogens (tertiary/aromatic N) is 1. The highest BCUT2D eigenvalue weighted by molar-refractivity contribution is 5.79. The van der Waals surface area contributed by atoms with Crippen molar-refractivity contribution in [1.29, 1.82) is 0 Å². The lowest BCUT2D eigenvalue weighted by Gasteiger charge is -2.37. The minimum Gasteiger partial charge on any atom is -0.339 e. The molecule has 2 atom stereocenters. The molecule has 1 N–H and O–H groups in total. The van der Waals surface area contributed by atoms with Crippen LogP contribution in [0.2, 0.25) is 0 Å². The van der Waals surface area contributed by atoms with E-state index in [0.29, 0.717) is 17.9 Å². The fourth-order valence-electron chi connectivity index (χ4n) is 2.96. The summed E-state index contributed by atoms with van der Waals surface area (Å²) in [7, 11) is 1.99. The van der Waals surface area contributed by atoms with Gasteiger partial charge in [0.25, 0.3) is 0 Å². The van der Waals surface area contributed by atoms with E-state index in [1.54, 1.807) is 0 Å². The van der Waals surface area contributed by atoms with Gasteiger partial charge in [0, 0.05) is 18.5 Å². The second-order valence-electron chi connectivity index (χ2n) is 5.70. The molecule has 0 bridgehead atoms. The van der Waals surface area contributed by atoms with Crippen molar-refractivity contribution >= 4 is 5.91 Å². The predicted octanol–water partition coefficient (Wildman–Crippen LogP) is 2.02. The van der Waals surface area contributed by atoms with E-state index in [-0.39, 0.29) is 5.92 Å². The molecule has 3 heteroatoms. The second-order valence-corrected chi connectivity index (χ2v) is 5.70. The molecular formula is C14H26N2O. The van der Waals surface area contributed by atoms with Crippen LogP contribution in [0.5, 0.6) is 0 Å². The lowest BCUT2D eigenvalue weighted by atomic mass is 9.96. The average molecular weight is 238 g/mol. The first kappa shape index (κ1) is 12.9. The van der Waals surface area contributed by atoms with Gasteiger partial charge in [0.1, 0.15) is 0 Å². The van der Waals surface area contributed by atoms with E-state index in [0.717, 1.165) is 19.5 Å². The Morgan fingerprint density at radius 1 is 1.35 bits per heavy atom. The minimum absolute atomic E-state index is 0.269. The van der Waals surface area contributed by atoms with Crippen LogP contribution in [0.4, 0.5) is 0 Å². The highest BCUT2D eigenvalue weighted by Gasteiger charge is 2.37. The second kappa shape index (κ2) is 5.85. The number of carbonyl (C=O) groups excluding carboxylic acids is 1. The van der Waals surface area contributed by atoms with Crippen molar-refractivity contribution in [3.63, 3.8) is 0 Å². The zero-order valence-corrected chi connectivity index (χ0v) is 11.2. The van der Waals surface area contributed by atoms with Crippen molar-refractivity contribution in [2.24, 2.45) is 11.8 Å². The number of carbonyl (C=O) groups is 1. The van der Waals surface area contributed by atoms with Gasteiger partial charge in [0.05, 0.1) is 0 Å². The number of amides is 1. The van der Waals surface area contributed by atoms with Crippen LogP contribution in [0.15, 0.2) is 0 Å². The molecule has 1 saturated carbocycles. The van der Waals surface area contributed by atoms with Crippen molar-refractivity contribution in [2.45, 2.75) is 51.5 Å². The smallest absolute Gasteiger partial charge is 0.225 e. The normalized spacial score (nSPS) is 26.9. The van der Waals surface area contributed by atoms with Gasteiger partial charge >= 0.3 is 0 Å². The number of likely N-dealkylation sites (tertiary alicyclic amines) is 1. The first-order chi connectivity index (χ1) is 8.24. The molecule has 0 aromatic rings. The van der Waals surface area contributed by atoms with Crippen molar-refractivity contribution in [1.82, 2.24) is 10.2 Å². The zero-order valence-electron chi connectivity index (χ0n) is 11.2. The summed E-state index contributed by atoms with van der Waals surface area (Å²) >= 11 is 0. The van der Waals surface area contributed by atoms with Crippen LogP contribution in [0.25, 0.3) is 0 Å². The third kappa shape index (κ3) is 3.21. The van der Waals surface area contributed by atoms with E-state index in [9.17, 15) is 4.79 Å². The van der Waals surface area contributed by atoms with Crippen molar-refractivity contribution < 1.29 is 4.79 Å². The van der Waals surface area contributed by atoms with E-state index < -0.39 is 0 Å². The van der Waals surface area contributed by atoms with Gasteiger partial charge in [-0.1, -0.05) is 6.92 Å². The maximum absolute atomic E-state index is 12.5. The van der Waals surface area contributed by atoms with Gasteiger partial charge in [-0.05, 0) is 58.0 Å². The van der Waals surface area contributed by atoms with Gasteiger partial charge in [-0.3, -0.25) is 4.79 Å². The first-order valence-electron chi connectivity index (χ1n) is 7.19. The summed E-state index contributed by atoms with van der Waals surface area (Å²) in [5, 5.41) is 3.20. The van der Waals surface area contributed by atoms with Crippen LogP contribution >= 0.6 is 0 Å². The highest BCUT2D eigenvalue weighted by Crippen LogP contribution is 2.38. The van der Waals surface area contributed by atoms with Crippen LogP contribution in [0.1, 0.15) is 45.4 Å². The largest absolute Gasteiger partial charge is 0.339 e. The van der Waals surface area contributed by atoms with E-state index in [4.69, 9.17) is 0 Å². The molecule has 1 heterocycles. The summed E-state index contributed by atoms with van der Waals surface area (Å²) < 4.78 is 0. The third-order valence-corrected chi connectivity index (χ3v) is 4.36. The maximum Gasteiger partial charge on any atom is 0.225 e. The summed E-state index contributed by atoms with van der Waals surface area (Å²) in [5.74, 6) is 1.38. The minimum atomic E-state index is 0.269. The van der Waals surface area contributed by atoms with Gasteiger partial charge in [0.15, 0.2) is 0 Å². The molecule has 0 radical (unpaired) electrons. The van der Waals surface area contributed by atoms with E-state index in [1.165, 1.54) is 32.1 Å². The molecule has 2 rings (SSSR count). The average Bonchev–Trinajstić information content (AvgIpc) is 3.19. The molecule has 3 nitrogen and oxygen atoms in total. The molecule has 0 aromatic carbocycles. The number of hydrogen-bond acceptors (Lipinski definition) is 2. The van der Waals surface area contributed by atoms with Crippen LogP contribution in [-0.2, 0) is 4.79 Å². The number of piperidine rings is 1. The first-order valence-corrected chi connectivity index (χ1v) is 7.19. The number of nitrogens with one attached hydrogen (secondary N) is 1. The summed E-state index contributed by atoms with van der Waals surface area (Å²) in [5.41, 5.74) is 0. The van der Waals surface area contributed by atoms with Gasteiger partial charge < -0.3 is 10.2 Å². The highest BCUT2D eigenvalue weighted by atomic mass is 16.2. The molecule has 2 fully saturated rings. The van der Waals surface area contributed by atoms with E-state index in [2.05, 4.69) is 17.1 Å². The number of hydrogen-bond donors (Lipinski definition) is 1. The lowest BCUT2D eigenvalue weighted by molar-refractivity contribution is -0.139. The van der Waals surface area contributed by atoms with Crippen molar-refractivity contribution in [3.05, 3.63) is 0 Å². The Balaban J connectivity index is 1.91. The molecule has 1 saturated heterocycles. The quantitative estimate of drug-likeness (QED) is 0.795. The van der Waals surface area contributed by atoms with Crippen molar-refractivity contribution in [2.75, 3.05) is 20.1 Å². The van der Waals surface area contributed by atoms with Crippen LogP contribution in [0.3, 0.4) is 0 Å². The molecule has 17 heavy (non-hydrogen) atoms. The monoisotopic (exact) mass is 238 g/mol. The van der Waals surface area contributed by atoms with Crippen molar-refractivity contribution in [3.8, 4) is 0 Å². The predicted molar refractivity (Wildman–Crippen MR) is 69.8 cm³/mol. The Labute approximate surface area is 105 Å². The SMILES string of the molecule is CNCCC1CCCCN1C(=O)C(C)C1CC1. The van der Waals surface area contributed by atoms with Crippen LogP contribution in [0, 0.1) is 11.8 Å². The third-order valence-electron chi connectivity index (χ3n) is 4.36. The Kier molecular flexibility index (Phi) is 4.43. The lowest BCUT2D eigenvalue weighted by Crippen LogP contribution is -2.47. The van der Waals surface area contributed by atoms with Gasteiger partial charge in [0.2, 0.25) is 5.91 Å². The Bertz CT molecular complexity index is 263. The zero-order chi connectivity index (χ0) is 12.3. The topological polar surface area (TPSA) is 32.3 Å². The summed E-state index contributed by atoms with van der Waals surface area (Å²) in [6, 6.07) is 0.491. The maximum atomic E-state index is 12.5. The molecule has 1 amide bonds. The Morgan fingerprint density at radius 3 is 2.76 bits per heavy atom. The van der Waals surface area contributed by atoms with Gasteiger partial charge in [-0.25, -0.2) is 0 Å². The fraction of sp³-hybridized carbons (Fsp3) is 0.929. The van der Waals surface area contributed by atoms with E-state index >= 15 is 0 Å². The van der Waals surface area contributed by atoms with Crippen LogP contribution in [-0.4, -0.2) is 37.0 Å². The summed E-state index contributed by atoms with van der Waals surface area (Å²) in [6.07, 6.45) is 7.32. The molecule has 2 unspecified atom stereocenters. The Hall–Kier alpha value is -0.570. The standard InChI is InChI=1S/C14H26N2O/c1-11(12-6-7-12)14(17)16-10-4-3-5-13(16)8-9-15-2/h11-13,15H,3-10H2,1-2H3. The summed E-state index contributed by atoms with van der Waals surface area (Å²) in [6.45, 7) is 4.14. The molecule has 0 aromatic heterocycles. The summed E-state index contributed by atoms with van der Waals surface area (Å²) in [4.78, 5) is 14.6. The Morgan fingerprint density at radius 2 is 2.12 bits per heavy atom. The fourth-order valence-corrected chi connectivity index (χ4v) is 2.96. The number of rotatable bonds is 5. The van der Waals surface area contributed by atoms with Gasteiger partial charge in [-0.15, -0.1) is 0 Å². The molecule has 0 spiro atoms.